The van der Waals surface area contributed by atoms with Crippen molar-refractivity contribution in [2.75, 3.05) is 39.9 Å². The van der Waals surface area contributed by atoms with E-state index in [0.717, 1.165) is 31.8 Å². The average molecular weight is 284 g/mol. The molecule has 20 heavy (non-hydrogen) atoms. The molecule has 0 bridgehead atoms. The Morgan fingerprint density at radius 1 is 1.10 bits per heavy atom. The fraction of sp³-hybridized carbons (Fsp3) is 1.00. The molecule has 2 unspecified atom stereocenters. The maximum Gasteiger partial charge on any atom is 0.0701 e. The van der Waals surface area contributed by atoms with Crippen LogP contribution >= 0.6 is 0 Å². The van der Waals surface area contributed by atoms with E-state index in [1.54, 1.807) is 0 Å². The Morgan fingerprint density at radius 3 is 2.55 bits per heavy atom. The summed E-state index contributed by atoms with van der Waals surface area (Å²) in [5.74, 6) is 0.817. The molecule has 0 amide bonds. The van der Waals surface area contributed by atoms with E-state index in [9.17, 15) is 0 Å². The van der Waals surface area contributed by atoms with Crippen molar-refractivity contribution in [1.29, 1.82) is 0 Å². The minimum atomic E-state index is 0.145. The highest BCUT2D eigenvalue weighted by Crippen LogP contribution is 2.25. The number of ether oxygens (including phenoxy) is 1. The molecule has 0 aromatic rings. The second kappa shape index (κ2) is 8.98. The SMILES string of the molecule is CNC1CCCCCC1CN1CCC(OCCO)CC1. The summed E-state index contributed by atoms with van der Waals surface area (Å²) in [6.45, 7) is 4.20. The standard InChI is InChI=1S/C16H32N2O2/c1-17-16-6-4-2-3-5-14(16)13-18-9-7-15(8-10-18)20-12-11-19/h14-17,19H,2-13H2,1H3. The van der Waals surface area contributed by atoms with Gasteiger partial charge in [0.1, 0.15) is 0 Å². The van der Waals surface area contributed by atoms with Crippen LogP contribution in [-0.4, -0.2) is 62.0 Å². The highest BCUT2D eigenvalue weighted by Gasteiger charge is 2.26. The monoisotopic (exact) mass is 284 g/mol. The number of nitrogens with one attached hydrogen (secondary N) is 1. The number of aliphatic hydroxyl groups is 1. The predicted octanol–water partition coefficient (Wildman–Crippen LogP) is 1.63. The van der Waals surface area contributed by atoms with Gasteiger partial charge < -0.3 is 20.1 Å². The van der Waals surface area contributed by atoms with Gasteiger partial charge in [0.05, 0.1) is 19.3 Å². The van der Waals surface area contributed by atoms with Gasteiger partial charge in [-0.15, -0.1) is 0 Å². The zero-order chi connectivity index (χ0) is 14.2. The van der Waals surface area contributed by atoms with E-state index in [1.165, 1.54) is 38.6 Å². The lowest BCUT2D eigenvalue weighted by Crippen LogP contribution is -2.44. The molecule has 0 spiro atoms. The molecule has 2 N–H and O–H groups in total. The number of hydrogen-bond donors (Lipinski definition) is 2. The van der Waals surface area contributed by atoms with Crippen molar-refractivity contribution < 1.29 is 9.84 Å². The second-order valence-electron chi connectivity index (χ2n) is 6.39. The third-order valence-corrected chi connectivity index (χ3v) is 5.00. The van der Waals surface area contributed by atoms with Crippen LogP contribution in [0.1, 0.15) is 44.9 Å². The lowest BCUT2D eigenvalue weighted by atomic mass is 9.93. The maximum atomic E-state index is 8.81. The number of nitrogens with zero attached hydrogens (tertiary/aromatic N) is 1. The van der Waals surface area contributed by atoms with Crippen LogP contribution in [-0.2, 0) is 4.74 Å². The van der Waals surface area contributed by atoms with Gasteiger partial charge in [-0.1, -0.05) is 19.3 Å². The van der Waals surface area contributed by atoms with Gasteiger partial charge in [-0.2, -0.15) is 0 Å². The summed E-state index contributed by atoms with van der Waals surface area (Å²) < 4.78 is 5.64. The highest BCUT2D eigenvalue weighted by molar-refractivity contribution is 4.83. The zero-order valence-corrected chi connectivity index (χ0v) is 13.0. The number of rotatable bonds is 6. The normalized spacial score (nSPS) is 30.3. The lowest BCUT2D eigenvalue weighted by molar-refractivity contribution is -0.0109. The average Bonchev–Trinajstić information content (AvgIpc) is 2.71. The Kier molecular flexibility index (Phi) is 7.28. The summed E-state index contributed by atoms with van der Waals surface area (Å²) in [6.07, 6.45) is 9.54. The van der Waals surface area contributed by atoms with E-state index in [1.807, 2.05) is 0 Å². The van der Waals surface area contributed by atoms with Crippen LogP contribution in [0.4, 0.5) is 0 Å². The van der Waals surface area contributed by atoms with Gasteiger partial charge in [-0.05, 0) is 38.6 Å². The van der Waals surface area contributed by atoms with Crippen molar-refractivity contribution in [1.82, 2.24) is 10.2 Å². The molecule has 2 aliphatic rings. The van der Waals surface area contributed by atoms with E-state index in [0.29, 0.717) is 18.8 Å². The van der Waals surface area contributed by atoms with Crippen molar-refractivity contribution in [2.24, 2.45) is 5.92 Å². The third kappa shape index (κ3) is 4.99. The molecule has 2 fully saturated rings. The number of hydrogen-bond acceptors (Lipinski definition) is 4. The molecule has 4 nitrogen and oxygen atoms in total. The fourth-order valence-electron chi connectivity index (χ4n) is 3.79. The van der Waals surface area contributed by atoms with E-state index in [-0.39, 0.29) is 6.61 Å². The molecular formula is C16H32N2O2. The van der Waals surface area contributed by atoms with Crippen LogP contribution in [0, 0.1) is 5.92 Å². The van der Waals surface area contributed by atoms with Crippen molar-refractivity contribution in [2.45, 2.75) is 57.1 Å². The molecule has 1 aliphatic heterocycles. The van der Waals surface area contributed by atoms with Gasteiger partial charge in [0.25, 0.3) is 0 Å². The van der Waals surface area contributed by atoms with Gasteiger partial charge in [0, 0.05) is 25.7 Å². The molecule has 1 heterocycles. The van der Waals surface area contributed by atoms with Crippen LogP contribution in [0.25, 0.3) is 0 Å². The highest BCUT2D eigenvalue weighted by atomic mass is 16.5. The zero-order valence-electron chi connectivity index (χ0n) is 13.0. The van der Waals surface area contributed by atoms with Crippen LogP contribution < -0.4 is 5.32 Å². The minimum absolute atomic E-state index is 0.145. The van der Waals surface area contributed by atoms with Gasteiger partial charge in [-0.25, -0.2) is 0 Å². The van der Waals surface area contributed by atoms with E-state index >= 15 is 0 Å². The molecule has 1 saturated heterocycles. The summed E-state index contributed by atoms with van der Waals surface area (Å²) in [6, 6.07) is 0.709. The second-order valence-corrected chi connectivity index (χ2v) is 6.39. The summed E-state index contributed by atoms with van der Waals surface area (Å²) >= 11 is 0. The molecule has 4 heteroatoms. The van der Waals surface area contributed by atoms with E-state index in [2.05, 4.69) is 17.3 Å². The third-order valence-electron chi connectivity index (χ3n) is 5.00. The maximum absolute atomic E-state index is 8.81. The summed E-state index contributed by atoms with van der Waals surface area (Å²) in [4.78, 5) is 2.62. The largest absolute Gasteiger partial charge is 0.394 e. The smallest absolute Gasteiger partial charge is 0.0701 e. The molecule has 0 aromatic heterocycles. The van der Waals surface area contributed by atoms with E-state index < -0.39 is 0 Å². The van der Waals surface area contributed by atoms with E-state index in [4.69, 9.17) is 9.84 Å². The number of aliphatic hydroxyl groups excluding tert-OH is 1. The Labute approximate surface area is 123 Å². The molecule has 118 valence electrons. The van der Waals surface area contributed by atoms with Crippen molar-refractivity contribution in [3.8, 4) is 0 Å². The molecule has 0 radical (unpaired) electrons. The topological polar surface area (TPSA) is 44.7 Å². The summed E-state index contributed by atoms with van der Waals surface area (Å²) in [7, 11) is 2.12. The molecular weight excluding hydrogens is 252 g/mol. The van der Waals surface area contributed by atoms with Crippen LogP contribution in [0.5, 0.6) is 0 Å². The first-order valence-electron chi connectivity index (χ1n) is 8.45. The van der Waals surface area contributed by atoms with Gasteiger partial charge in [0.2, 0.25) is 0 Å². The molecule has 1 saturated carbocycles. The predicted molar refractivity (Wildman–Crippen MR) is 81.9 cm³/mol. The first-order valence-corrected chi connectivity index (χ1v) is 8.45. The van der Waals surface area contributed by atoms with Gasteiger partial charge in [0.15, 0.2) is 0 Å². The fourth-order valence-corrected chi connectivity index (χ4v) is 3.79. The van der Waals surface area contributed by atoms with Gasteiger partial charge >= 0.3 is 0 Å². The van der Waals surface area contributed by atoms with Crippen LogP contribution in [0.15, 0.2) is 0 Å². The number of likely N-dealkylation sites (tertiary alicyclic amines) is 1. The van der Waals surface area contributed by atoms with Gasteiger partial charge in [-0.3, -0.25) is 0 Å². The lowest BCUT2D eigenvalue weighted by Gasteiger charge is -2.36. The van der Waals surface area contributed by atoms with Crippen LogP contribution in [0.2, 0.25) is 0 Å². The van der Waals surface area contributed by atoms with Crippen molar-refractivity contribution in [3.05, 3.63) is 0 Å². The van der Waals surface area contributed by atoms with Crippen molar-refractivity contribution in [3.63, 3.8) is 0 Å². The Hall–Kier alpha value is -0.160. The first-order chi connectivity index (χ1) is 9.83. The van der Waals surface area contributed by atoms with Crippen LogP contribution in [0.3, 0.4) is 0 Å². The summed E-state index contributed by atoms with van der Waals surface area (Å²) in [5, 5.41) is 12.3. The minimum Gasteiger partial charge on any atom is -0.394 e. The van der Waals surface area contributed by atoms with Crippen molar-refractivity contribution >= 4 is 0 Å². The Bertz CT molecular complexity index is 255. The summed E-state index contributed by atoms with van der Waals surface area (Å²) in [5.41, 5.74) is 0. The quantitative estimate of drug-likeness (QED) is 0.728. The molecule has 2 rings (SSSR count). The molecule has 2 atom stereocenters. The molecule has 0 aromatic carbocycles. The Balaban J connectivity index is 1.73. The Morgan fingerprint density at radius 2 is 1.85 bits per heavy atom. The number of piperidine rings is 1. The molecule has 1 aliphatic carbocycles. The first kappa shape index (κ1) is 16.2.